The second-order valence-corrected chi connectivity index (χ2v) is 4.97. The smallest absolute Gasteiger partial charge is 0.137 e. The quantitative estimate of drug-likeness (QED) is 0.577. The lowest BCUT2D eigenvalue weighted by atomic mass is 10.1. The number of aliphatic hydroxyl groups is 1. The molecule has 1 atom stereocenters. The maximum atomic E-state index is 8.94. The highest BCUT2D eigenvalue weighted by Gasteiger charge is 2.06. The first-order chi connectivity index (χ1) is 9.12. The standard InChI is InChI=1S/C13H19BrN4O/c1-2-11(3-4-19)17-8-10(6-15)9-5-12(14)13(16)18-7-9/h5-8,11,15,17,19H,2-4H2,1H3,(H2,16,18)/b10-8+,15-6?. The molecule has 5 N–H and O–H groups in total. The molecule has 104 valence electrons. The van der Waals surface area contributed by atoms with E-state index >= 15 is 0 Å². The van der Waals surface area contributed by atoms with Gasteiger partial charge >= 0.3 is 0 Å². The Morgan fingerprint density at radius 2 is 2.42 bits per heavy atom. The van der Waals surface area contributed by atoms with E-state index in [1.807, 2.05) is 13.0 Å². The molecular weight excluding hydrogens is 308 g/mol. The maximum Gasteiger partial charge on any atom is 0.137 e. The highest BCUT2D eigenvalue weighted by molar-refractivity contribution is 9.10. The Kier molecular flexibility index (Phi) is 6.52. The van der Waals surface area contributed by atoms with Crippen molar-refractivity contribution < 1.29 is 5.11 Å². The number of allylic oxidation sites excluding steroid dienone is 1. The fraction of sp³-hybridized carbons (Fsp3) is 0.385. The van der Waals surface area contributed by atoms with E-state index in [-0.39, 0.29) is 12.6 Å². The van der Waals surface area contributed by atoms with Gasteiger partial charge in [0.15, 0.2) is 0 Å². The number of rotatable bonds is 7. The van der Waals surface area contributed by atoms with Crippen LogP contribution < -0.4 is 11.1 Å². The summed E-state index contributed by atoms with van der Waals surface area (Å²) in [5, 5.41) is 19.6. The second kappa shape index (κ2) is 7.91. The first kappa shape index (κ1) is 15.7. The summed E-state index contributed by atoms with van der Waals surface area (Å²) < 4.78 is 0.708. The average Bonchev–Trinajstić information content (AvgIpc) is 2.42. The Labute approximate surface area is 121 Å². The van der Waals surface area contributed by atoms with Gasteiger partial charge in [0, 0.05) is 42.4 Å². The first-order valence-corrected chi connectivity index (χ1v) is 6.90. The van der Waals surface area contributed by atoms with Crippen molar-refractivity contribution in [3.8, 4) is 0 Å². The first-order valence-electron chi connectivity index (χ1n) is 6.11. The van der Waals surface area contributed by atoms with E-state index in [2.05, 4.69) is 26.2 Å². The minimum atomic E-state index is 0.147. The Morgan fingerprint density at radius 3 is 2.95 bits per heavy atom. The van der Waals surface area contributed by atoms with Crippen LogP contribution in [-0.4, -0.2) is 29.0 Å². The predicted molar refractivity (Wildman–Crippen MR) is 82.0 cm³/mol. The van der Waals surface area contributed by atoms with Gasteiger partial charge in [-0.3, -0.25) is 0 Å². The number of aromatic nitrogens is 1. The molecule has 0 aliphatic rings. The molecule has 0 aliphatic heterocycles. The zero-order valence-electron chi connectivity index (χ0n) is 10.9. The Hall–Kier alpha value is -1.40. The van der Waals surface area contributed by atoms with Crippen molar-refractivity contribution in [1.29, 1.82) is 5.41 Å². The van der Waals surface area contributed by atoms with Gasteiger partial charge in [-0.05, 0) is 34.8 Å². The minimum absolute atomic E-state index is 0.147. The number of hydrogen-bond donors (Lipinski definition) is 4. The third-order valence-corrected chi connectivity index (χ3v) is 3.44. The zero-order chi connectivity index (χ0) is 14.3. The van der Waals surface area contributed by atoms with Crippen LogP contribution in [0.4, 0.5) is 5.82 Å². The van der Waals surface area contributed by atoms with E-state index in [4.69, 9.17) is 16.2 Å². The molecule has 0 aromatic carbocycles. The molecule has 1 unspecified atom stereocenters. The van der Waals surface area contributed by atoms with Crippen LogP contribution in [-0.2, 0) is 0 Å². The summed E-state index contributed by atoms with van der Waals surface area (Å²) >= 11 is 3.32. The molecule has 1 heterocycles. The number of pyridine rings is 1. The van der Waals surface area contributed by atoms with Crippen LogP contribution in [0.2, 0.25) is 0 Å². The number of halogens is 1. The number of hydrogen-bond acceptors (Lipinski definition) is 5. The molecule has 0 spiro atoms. The molecule has 19 heavy (non-hydrogen) atoms. The summed E-state index contributed by atoms with van der Waals surface area (Å²) in [4.78, 5) is 4.05. The van der Waals surface area contributed by atoms with Gasteiger partial charge < -0.3 is 21.6 Å². The molecule has 1 aromatic rings. The zero-order valence-corrected chi connectivity index (χ0v) is 12.4. The topological polar surface area (TPSA) is 95.0 Å². The molecule has 0 bridgehead atoms. The molecule has 5 nitrogen and oxygen atoms in total. The molecule has 0 saturated heterocycles. The van der Waals surface area contributed by atoms with E-state index < -0.39 is 0 Å². The van der Waals surface area contributed by atoms with Gasteiger partial charge in [0.1, 0.15) is 5.82 Å². The monoisotopic (exact) mass is 326 g/mol. The summed E-state index contributed by atoms with van der Waals surface area (Å²) in [5.74, 6) is 0.424. The molecule has 6 heteroatoms. The summed E-state index contributed by atoms with van der Waals surface area (Å²) in [7, 11) is 0. The predicted octanol–water partition coefficient (Wildman–Crippen LogP) is 2.17. The van der Waals surface area contributed by atoms with E-state index in [9.17, 15) is 0 Å². The van der Waals surface area contributed by atoms with Crippen molar-refractivity contribution in [2.24, 2.45) is 0 Å². The van der Waals surface area contributed by atoms with Gasteiger partial charge in [-0.2, -0.15) is 0 Å². The number of nitrogens with one attached hydrogen (secondary N) is 2. The van der Waals surface area contributed by atoms with Crippen molar-refractivity contribution >= 4 is 33.5 Å². The minimum Gasteiger partial charge on any atom is -0.396 e. The summed E-state index contributed by atoms with van der Waals surface area (Å²) in [6, 6.07) is 2.03. The SMILES string of the molecule is CCC(CCO)N/C=C(\C=N)c1cnc(N)c(Br)c1. The molecule has 1 rings (SSSR count). The maximum absolute atomic E-state index is 8.94. The molecular formula is C13H19BrN4O. The van der Waals surface area contributed by atoms with Crippen LogP contribution in [0.25, 0.3) is 5.57 Å². The molecule has 0 amide bonds. The van der Waals surface area contributed by atoms with Crippen LogP contribution >= 0.6 is 15.9 Å². The highest BCUT2D eigenvalue weighted by Crippen LogP contribution is 2.21. The number of nitrogens with zero attached hydrogens (tertiary/aromatic N) is 1. The van der Waals surface area contributed by atoms with E-state index in [0.717, 1.165) is 12.0 Å². The largest absolute Gasteiger partial charge is 0.396 e. The lowest BCUT2D eigenvalue weighted by Crippen LogP contribution is -2.25. The molecule has 0 saturated carbocycles. The number of nitrogens with two attached hydrogens (primary N) is 1. The van der Waals surface area contributed by atoms with Crippen LogP contribution in [0.15, 0.2) is 22.9 Å². The molecule has 0 aliphatic carbocycles. The van der Waals surface area contributed by atoms with E-state index in [1.165, 1.54) is 6.21 Å². The Bertz CT molecular complexity index is 462. The van der Waals surface area contributed by atoms with Crippen molar-refractivity contribution in [3.63, 3.8) is 0 Å². The van der Waals surface area contributed by atoms with Gasteiger partial charge in [-0.25, -0.2) is 4.98 Å². The van der Waals surface area contributed by atoms with Gasteiger partial charge in [0.2, 0.25) is 0 Å². The lowest BCUT2D eigenvalue weighted by molar-refractivity contribution is 0.268. The van der Waals surface area contributed by atoms with Crippen LogP contribution in [0, 0.1) is 5.41 Å². The van der Waals surface area contributed by atoms with Gasteiger partial charge in [0.25, 0.3) is 0 Å². The van der Waals surface area contributed by atoms with Gasteiger partial charge in [-0.15, -0.1) is 0 Å². The van der Waals surface area contributed by atoms with Gasteiger partial charge in [-0.1, -0.05) is 6.92 Å². The molecule has 1 aromatic heterocycles. The number of nitrogen functional groups attached to an aromatic ring is 1. The molecule has 0 fully saturated rings. The van der Waals surface area contributed by atoms with Gasteiger partial charge in [0.05, 0.1) is 4.47 Å². The van der Waals surface area contributed by atoms with Crippen molar-refractivity contribution in [2.75, 3.05) is 12.3 Å². The second-order valence-electron chi connectivity index (χ2n) is 4.12. The molecule has 0 radical (unpaired) electrons. The third-order valence-electron chi connectivity index (χ3n) is 2.80. The summed E-state index contributed by atoms with van der Waals surface area (Å²) in [6.07, 6.45) is 6.26. The summed E-state index contributed by atoms with van der Waals surface area (Å²) in [5.41, 5.74) is 7.16. The number of aliphatic hydroxyl groups excluding tert-OH is 1. The Balaban J connectivity index is 2.86. The average molecular weight is 327 g/mol. The Morgan fingerprint density at radius 1 is 1.68 bits per heavy atom. The van der Waals surface area contributed by atoms with E-state index in [0.29, 0.717) is 22.3 Å². The third kappa shape index (κ3) is 4.65. The van der Waals surface area contributed by atoms with Crippen LogP contribution in [0.3, 0.4) is 0 Å². The van der Waals surface area contributed by atoms with Crippen molar-refractivity contribution in [1.82, 2.24) is 10.3 Å². The normalized spacial score (nSPS) is 13.1. The van der Waals surface area contributed by atoms with Crippen molar-refractivity contribution in [2.45, 2.75) is 25.8 Å². The lowest BCUT2D eigenvalue weighted by Gasteiger charge is -2.14. The van der Waals surface area contributed by atoms with Crippen LogP contribution in [0.1, 0.15) is 25.3 Å². The fourth-order valence-electron chi connectivity index (χ4n) is 1.58. The van der Waals surface area contributed by atoms with Crippen LogP contribution in [0.5, 0.6) is 0 Å². The van der Waals surface area contributed by atoms with E-state index in [1.54, 1.807) is 12.4 Å². The van der Waals surface area contributed by atoms with Crippen molar-refractivity contribution in [3.05, 3.63) is 28.5 Å². The summed E-state index contributed by atoms with van der Waals surface area (Å²) in [6.45, 7) is 2.20. The fourth-order valence-corrected chi connectivity index (χ4v) is 1.93. The number of anilines is 1. The highest BCUT2D eigenvalue weighted by atomic mass is 79.9.